The van der Waals surface area contributed by atoms with Gasteiger partial charge in [-0.3, -0.25) is 28.9 Å². The lowest BCUT2D eigenvalue weighted by Crippen LogP contribution is -2.57. The van der Waals surface area contributed by atoms with Crippen molar-refractivity contribution < 1.29 is 62.4 Å². The third-order valence-corrected chi connectivity index (χ3v) is 14.6. The number of aromatic hydroxyl groups is 1. The van der Waals surface area contributed by atoms with Gasteiger partial charge in [0, 0.05) is 36.4 Å². The van der Waals surface area contributed by atoms with Gasteiger partial charge in [-0.2, -0.15) is 0 Å². The van der Waals surface area contributed by atoms with E-state index in [1.54, 1.807) is 44.2 Å². The summed E-state index contributed by atoms with van der Waals surface area (Å²) < 4.78 is 26.9. The molecule has 0 aromatic heterocycles. The quantitative estimate of drug-likeness (QED) is 0.0553. The van der Waals surface area contributed by atoms with Crippen LogP contribution in [0.25, 0.3) is 0 Å². The normalized spacial score (nSPS) is 22.2. The first-order valence-corrected chi connectivity index (χ1v) is 24.9. The molecule has 18 nitrogen and oxygen atoms in total. The summed E-state index contributed by atoms with van der Waals surface area (Å²) in [5, 5.41) is 16.6. The maximum atomic E-state index is 16.7. The zero-order valence-corrected chi connectivity index (χ0v) is 42.5. The Morgan fingerprint density at radius 2 is 1.37 bits per heavy atom. The standard InChI is InChI=1S/C58H57N5O13/c1-34(2)46(54(68)74-5)60-57(71)62-44-28-19-35(13-12-18-42(52(66)72-3)53(67)73-4)33-43(44)58(56(62)70)45(51(65)59-39-22-24-40(25-23-39)61-29-31-75-32-30-61)48-55(69)76-49(37-16-10-7-11-17-37)47(36-14-8-6-9-15-36)63(48)50(58)38-20-26-41(64)27-21-38/h6-11,14-17,19-28,33-34,42,45-50,64H,18,29-32H2,1-5H3,(H,59,65)(H,60,71)/t45-,46+,47-,48-,49+,50+,58-/m1/s1. The largest absolute Gasteiger partial charge is 0.508 e. The molecule has 0 unspecified atom stereocenters. The molecule has 76 heavy (non-hydrogen) atoms. The topological polar surface area (TPSA) is 220 Å². The number of methoxy groups -OCH3 is 3. The van der Waals surface area contributed by atoms with E-state index in [1.807, 2.05) is 77.7 Å². The van der Waals surface area contributed by atoms with Gasteiger partial charge in [0.05, 0.1) is 58.2 Å². The summed E-state index contributed by atoms with van der Waals surface area (Å²) in [6.45, 7) is 5.81. The number of hydrogen-bond acceptors (Lipinski definition) is 15. The van der Waals surface area contributed by atoms with E-state index in [0.29, 0.717) is 48.7 Å². The van der Waals surface area contributed by atoms with E-state index in [4.69, 9.17) is 23.7 Å². The lowest BCUT2D eigenvalue weighted by molar-refractivity contribution is -0.178. The Kier molecular flexibility index (Phi) is 15.2. The predicted molar refractivity (Wildman–Crippen MR) is 276 cm³/mol. The number of nitrogens with zero attached hydrogens (tertiary/aromatic N) is 3. The Bertz CT molecular complexity index is 3070. The third-order valence-electron chi connectivity index (χ3n) is 14.6. The first-order valence-electron chi connectivity index (χ1n) is 24.9. The van der Waals surface area contributed by atoms with E-state index in [9.17, 15) is 19.5 Å². The van der Waals surface area contributed by atoms with E-state index >= 15 is 19.2 Å². The van der Waals surface area contributed by atoms with Crippen molar-refractivity contribution in [1.82, 2.24) is 10.2 Å². The minimum atomic E-state index is -2.25. The van der Waals surface area contributed by atoms with Crippen molar-refractivity contribution in [1.29, 1.82) is 0 Å². The second-order valence-corrected chi connectivity index (χ2v) is 19.2. The van der Waals surface area contributed by atoms with Crippen LogP contribution in [0.4, 0.5) is 21.9 Å². The summed E-state index contributed by atoms with van der Waals surface area (Å²) in [4.78, 5) is 107. The number of nitrogens with one attached hydrogen (secondary N) is 2. The molecule has 0 aliphatic carbocycles. The van der Waals surface area contributed by atoms with Crippen LogP contribution in [-0.4, -0.2) is 111 Å². The fraction of sp³-hybridized carbons (Fsp3) is 0.328. The number of fused-ring (bicyclic) bond motifs is 3. The number of rotatable bonds is 12. The molecule has 4 aliphatic heterocycles. The number of benzene rings is 5. The van der Waals surface area contributed by atoms with Crippen molar-refractivity contribution in [3.05, 3.63) is 155 Å². The summed E-state index contributed by atoms with van der Waals surface area (Å²) >= 11 is 0. The summed E-state index contributed by atoms with van der Waals surface area (Å²) in [7, 11) is 3.44. The average Bonchev–Trinajstić information content (AvgIpc) is 4.08. The molecule has 3 fully saturated rings. The number of cyclic esters (lactones) is 1. The van der Waals surface area contributed by atoms with Crippen LogP contribution in [0, 0.1) is 29.6 Å². The van der Waals surface area contributed by atoms with Crippen molar-refractivity contribution in [3.8, 4) is 17.6 Å². The highest BCUT2D eigenvalue weighted by atomic mass is 16.6. The van der Waals surface area contributed by atoms with Crippen LogP contribution in [0.3, 0.4) is 0 Å². The smallest absolute Gasteiger partial charge is 0.329 e. The summed E-state index contributed by atoms with van der Waals surface area (Å²) in [5.74, 6) is -2.91. The highest BCUT2D eigenvalue weighted by Gasteiger charge is 2.75. The highest BCUT2D eigenvalue weighted by Crippen LogP contribution is 2.66. The van der Waals surface area contributed by atoms with Gasteiger partial charge >= 0.3 is 29.9 Å². The maximum Gasteiger partial charge on any atom is 0.329 e. The van der Waals surface area contributed by atoms with Crippen LogP contribution in [0.1, 0.15) is 66.3 Å². The summed E-state index contributed by atoms with van der Waals surface area (Å²) in [5.41, 5.74) is 0.964. The molecule has 3 N–H and O–H groups in total. The molecule has 5 aromatic carbocycles. The van der Waals surface area contributed by atoms with Crippen LogP contribution in [0.2, 0.25) is 0 Å². The maximum absolute atomic E-state index is 16.7. The molecule has 5 aromatic rings. The number of phenols is 1. The highest BCUT2D eigenvalue weighted by molar-refractivity contribution is 6.25. The van der Waals surface area contributed by atoms with Gasteiger partial charge < -0.3 is 44.3 Å². The first kappa shape index (κ1) is 52.3. The fourth-order valence-corrected chi connectivity index (χ4v) is 11.1. The van der Waals surface area contributed by atoms with Gasteiger partial charge in [-0.15, -0.1) is 0 Å². The Morgan fingerprint density at radius 1 is 0.750 bits per heavy atom. The van der Waals surface area contributed by atoms with Crippen LogP contribution in [0.15, 0.2) is 127 Å². The molecular weight excluding hydrogens is 975 g/mol. The van der Waals surface area contributed by atoms with Crippen molar-refractivity contribution in [2.45, 2.75) is 56.0 Å². The Hall–Kier alpha value is -8.53. The first-order chi connectivity index (χ1) is 36.7. The Labute approximate surface area is 439 Å². The number of amides is 4. The molecule has 7 atom stereocenters. The minimum Gasteiger partial charge on any atom is -0.508 e. The number of carbonyl (C=O) groups excluding carboxylic acids is 7. The van der Waals surface area contributed by atoms with Gasteiger partial charge in [-0.05, 0) is 82.8 Å². The number of carbonyl (C=O) groups is 7. The fourth-order valence-electron chi connectivity index (χ4n) is 11.1. The number of urea groups is 1. The Balaban J connectivity index is 1.31. The third kappa shape index (κ3) is 9.59. The van der Waals surface area contributed by atoms with Gasteiger partial charge in [0.2, 0.25) is 11.8 Å². The van der Waals surface area contributed by atoms with Crippen LogP contribution < -0.4 is 20.4 Å². The molecule has 4 amide bonds. The Morgan fingerprint density at radius 3 is 1.97 bits per heavy atom. The van der Waals surface area contributed by atoms with E-state index in [-0.39, 0.29) is 29.0 Å². The van der Waals surface area contributed by atoms with Crippen molar-refractivity contribution >= 4 is 58.8 Å². The SMILES string of the molecule is COC(=O)C(CC#Cc1ccc2c(c1)[C@]1(C(=O)N2C(=O)N[C@H](C(=O)OC)C(C)C)[C@H](c2ccc(O)cc2)N2[C@H](c3ccccc3)[C@H](c3ccccc3)OC(=O)[C@H]2[C@@H]1C(=O)Nc1ccc(N2CCOCC2)cc1)C(=O)OC. The van der Waals surface area contributed by atoms with Crippen molar-refractivity contribution in [3.63, 3.8) is 0 Å². The van der Waals surface area contributed by atoms with Crippen LogP contribution in [-0.2, 0) is 57.9 Å². The van der Waals surface area contributed by atoms with Gasteiger partial charge in [0.15, 0.2) is 5.92 Å². The molecule has 392 valence electrons. The monoisotopic (exact) mass is 1030 g/mol. The lowest BCUT2D eigenvalue weighted by Gasteiger charge is -2.46. The molecule has 4 aliphatic rings. The van der Waals surface area contributed by atoms with Crippen molar-refractivity contribution in [2.24, 2.45) is 17.8 Å². The number of esters is 4. The lowest BCUT2D eigenvalue weighted by atomic mass is 9.65. The minimum absolute atomic E-state index is 0.00273. The van der Waals surface area contributed by atoms with Gasteiger partial charge in [0.25, 0.3) is 0 Å². The second kappa shape index (κ2) is 22.1. The van der Waals surface area contributed by atoms with Gasteiger partial charge in [-0.1, -0.05) is 98.5 Å². The van der Waals surface area contributed by atoms with E-state index in [0.717, 1.165) is 24.8 Å². The molecule has 1 spiro atoms. The molecule has 9 rings (SSSR count). The second-order valence-electron chi connectivity index (χ2n) is 19.2. The summed E-state index contributed by atoms with van der Waals surface area (Å²) in [6.07, 6.45) is -1.35. The molecular formula is C58H57N5O13. The zero-order chi connectivity index (χ0) is 53.8. The van der Waals surface area contributed by atoms with Crippen molar-refractivity contribution in [2.75, 3.05) is 62.7 Å². The van der Waals surface area contributed by atoms with Gasteiger partial charge in [0.1, 0.15) is 29.4 Å². The zero-order valence-electron chi connectivity index (χ0n) is 42.5. The number of morpholine rings is 2. The molecule has 0 saturated carbocycles. The van der Waals surface area contributed by atoms with Crippen LogP contribution >= 0.6 is 0 Å². The number of anilines is 3. The number of imide groups is 1. The number of phenolic OH excluding ortho intramolecular Hbond substituents is 1. The predicted octanol–water partition coefficient (Wildman–Crippen LogP) is 6.14. The van der Waals surface area contributed by atoms with Crippen LogP contribution in [0.5, 0.6) is 5.75 Å². The molecule has 0 bridgehead atoms. The summed E-state index contributed by atoms with van der Waals surface area (Å²) in [6, 6.07) is 30.1. The molecule has 3 saturated heterocycles. The molecule has 0 radical (unpaired) electrons. The number of ether oxygens (including phenoxy) is 5. The van der Waals surface area contributed by atoms with E-state index < -0.39 is 95.2 Å². The van der Waals surface area contributed by atoms with Gasteiger partial charge in [-0.25, -0.2) is 14.5 Å². The number of hydrogen-bond donors (Lipinski definition) is 3. The van der Waals surface area contributed by atoms with E-state index in [1.165, 1.54) is 31.4 Å². The molecule has 18 heteroatoms. The average molecular weight is 1030 g/mol. The van der Waals surface area contributed by atoms with E-state index in [2.05, 4.69) is 27.4 Å². The molecule has 4 heterocycles.